The maximum absolute atomic E-state index is 9.38. The second-order valence-corrected chi connectivity index (χ2v) is 8.11. The van der Waals surface area contributed by atoms with Crippen LogP contribution in [-0.4, -0.2) is 84.9 Å². The molecule has 6 nitrogen and oxygen atoms in total. The van der Waals surface area contributed by atoms with Gasteiger partial charge in [0.2, 0.25) is 0 Å². The summed E-state index contributed by atoms with van der Waals surface area (Å²) >= 11 is 0. The van der Waals surface area contributed by atoms with E-state index in [1.54, 1.807) is 12.4 Å². The molecule has 1 aromatic rings. The minimum absolute atomic E-state index is 0.298. The molecule has 2 aliphatic rings. The second-order valence-electron chi connectivity index (χ2n) is 7.33. The van der Waals surface area contributed by atoms with Gasteiger partial charge in [-0.3, -0.25) is 4.90 Å². The van der Waals surface area contributed by atoms with Gasteiger partial charge in [0.1, 0.15) is 0 Å². The summed E-state index contributed by atoms with van der Waals surface area (Å²) in [4.78, 5) is 16.6. The van der Waals surface area contributed by atoms with Crippen LogP contribution in [0.1, 0.15) is 19.8 Å². The van der Waals surface area contributed by atoms with Crippen molar-refractivity contribution in [3.8, 4) is 0 Å². The molecular weight excluding hydrogens is 357 g/mol. The van der Waals surface area contributed by atoms with Gasteiger partial charge in [-0.15, -0.1) is 8.20 Å². The molecule has 7 heteroatoms. The monoisotopic (exact) mass is 389 g/mol. The number of aliphatic hydroxyl groups is 1. The average Bonchev–Trinajstić information content (AvgIpc) is 2.74. The molecule has 2 aliphatic heterocycles. The summed E-state index contributed by atoms with van der Waals surface area (Å²) < 4.78 is 0. The zero-order valence-corrected chi connectivity index (χ0v) is 17.5. The van der Waals surface area contributed by atoms with Gasteiger partial charge in [-0.2, -0.15) is 0 Å². The smallest absolute Gasteiger partial charge is 0.172 e. The van der Waals surface area contributed by atoms with Crippen molar-refractivity contribution in [3.05, 3.63) is 24.0 Å². The summed E-state index contributed by atoms with van der Waals surface area (Å²) in [6.07, 6.45) is 7.88. The highest BCUT2D eigenvalue weighted by Crippen LogP contribution is 2.29. The van der Waals surface area contributed by atoms with E-state index in [9.17, 15) is 5.11 Å². The van der Waals surface area contributed by atoms with Crippen LogP contribution >= 0.6 is 8.20 Å². The van der Waals surface area contributed by atoms with E-state index in [1.165, 1.54) is 13.8 Å². The van der Waals surface area contributed by atoms with Crippen LogP contribution < -0.4 is 9.80 Å². The predicted octanol–water partition coefficient (Wildman–Crippen LogP) is 2.13. The highest BCUT2D eigenvalue weighted by molar-refractivity contribution is 7.38. The number of allylic oxidation sites excluding steroid dienone is 1. The number of anilines is 2. The number of hydrogen-bond donors (Lipinski definition) is 1. The lowest BCUT2D eigenvalue weighted by Gasteiger charge is -2.38. The minimum atomic E-state index is 0.298. The van der Waals surface area contributed by atoms with E-state index in [-0.39, 0.29) is 0 Å². The fourth-order valence-corrected chi connectivity index (χ4v) is 4.41. The summed E-state index contributed by atoms with van der Waals surface area (Å²) in [6, 6.07) is 0. The first-order valence-corrected chi connectivity index (χ1v) is 11.4. The van der Waals surface area contributed by atoms with Gasteiger partial charge >= 0.3 is 0 Å². The molecule has 0 aromatic carbocycles. The van der Waals surface area contributed by atoms with Gasteiger partial charge in [0.05, 0.1) is 0 Å². The Hall–Kier alpha value is -1.49. The van der Waals surface area contributed by atoms with Gasteiger partial charge < -0.3 is 14.9 Å². The van der Waals surface area contributed by atoms with E-state index in [0.717, 1.165) is 70.3 Å². The van der Waals surface area contributed by atoms with Crippen molar-refractivity contribution in [3.63, 3.8) is 0 Å². The zero-order valence-electron chi connectivity index (χ0n) is 16.6. The van der Waals surface area contributed by atoms with Crippen LogP contribution in [0.15, 0.2) is 24.0 Å². The van der Waals surface area contributed by atoms with Crippen molar-refractivity contribution in [2.75, 3.05) is 68.9 Å². The zero-order chi connectivity index (χ0) is 19.1. The fourth-order valence-electron chi connectivity index (χ4n) is 3.85. The molecule has 148 valence electrons. The summed E-state index contributed by atoms with van der Waals surface area (Å²) in [6.45, 7) is 11.6. The molecule has 0 bridgehead atoms. The normalized spacial score (nSPS) is 20.6. The number of rotatable bonds is 6. The first-order valence-electron chi connectivity index (χ1n) is 9.96. The Labute approximate surface area is 164 Å². The molecule has 0 aliphatic carbocycles. The molecule has 2 fully saturated rings. The number of nitrogens with zero attached hydrogens (tertiary/aromatic N) is 5. The molecule has 2 saturated heterocycles. The Morgan fingerprint density at radius 3 is 2.19 bits per heavy atom. The molecule has 0 spiro atoms. The van der Waals surface area contributed by atoms with Gasteiger partial charge in [0.15, 0.2) is 11.6 Å². The maximum atomic E-state index is 9.38. The van der Waals surface area contributed by atoms with Crippen molar-refractivity contribution >= 4 is 25.6 Å². The van der Waals surface area contributed by atoms with Gasteiger partial charge in [-0.05, 0) is 43.7 Å². The maximum Gasteiger partial charge on any atom is 0.172 e. The summed E-state index contributed by atoms with van der Waals surface area (Å²) in [5.41, 5.74) is 1.42. The lowest BCUT2D eigenvalue weighted by molar-refractivity contribution is 0.202. The van der Waals surface area contributed by atoms with Crippen LogP contribution in [0.5, 0.6) is 0 Å². The molecule has 0 saturated carbocycles. The van der Waals surface area contributed by atoms with Crippen molar-refractivity contribution in [2.45, 2.75) is 19.8 Å². The third-order valence-electron chi connectivity index (χ3n) is 5.58. The van der Waals surface area contributed by atoms with Gasteiger partial charge in [0.25, 0.3) is 0 Å². The first kappa shape index (κ1) is 20.2. The highest BCUT2D eigenvalue weighted by atomic mass is 31.1. The lowest BCUT2D eigenvalue weighted by Crippen LogP contribution is -2.48. The third-order valence-corrected chi connectivity index (χ3v) is 6.17. The molecular formula is C20H32N5OP. The van der Waals surface area contributed by atoms with Crippen LogP contribution in [0, 0.1) is 5.92 Å². The Morgan fingerprint density at radius 2 is 1.67 bits per heavy atom. The number of hydrogen-bond acceptors (Lipinski definition) is 6. The molecule has 3 heterocycles. The van der Waals surface area contributed by atoms with Gasteiger partial charge in [-0.25, -0.2) is 9.97 Å². The first-order chi connectivity index (χ1) is 13.2. The van der Waals surface area contributed by atoms with E-state index in [1.807, 2.05) is 0 Å². The summed E-state index contributed by atoms with van der Waals surface area (Å²) in [7, 11) is 1.32. The Bertz CT molecular complexity index is 650. The van der Waals surface area contributed by atoms with Crippen LogP contribution in [0.4, 0.5) is 11.6 Å². The van der Waals surface area contributed by atoms with Crippen LogP contribution in [0.25, 0.3) is 0 Å². The Kier molecular flexibility index (Phi) is 7.62. The standard InChI is InChI=1S/C20H32N5OP/c1-3-17(16-27-2)14-23-10-12-25(13-11-23)20-19(21-6-7-22-20)24-8-4-18(15-26)5-9-24/h3,6-7,16,18,26H,4-5,8-15H2,1-2H3/b17-3-. The van der Waals surface area contributed by atoms with Crippen LogP contribution in [0.2, 0.25) is 0 Å². The number of piperazine rings is 1. The molecule has 0 unspecified atom stereocenters. The summed E-state index contributed by atoms with van der Waals surface area (Å²) in [5, 5.41) is 9.38. The highest BCUT2D eigenvalue weighted by Gasteiger charge is 2.26. The molecule has 0 amide bonds. The van der Waals surface area contributed by atoms with Crippen LogP contribution in [-0.2, 0) is 0 Å². The van der Waals surface area contributed by atoms with E-state index >= 15 is 0 Å². The molecule has 27 heavy (non-hydrogen) atoms. The van der Waals surface area contributed by atoms with Gasteiger partial charge in [-0.1, -0.05) is 6.08 Å². The molecule has 0 radical (unpaired) electrons. The Morgan fingerprint density at radius 1 is 1.07 bits per heavy atom. The molecule has 0 atom stereocenters. The molecule has 3 rings (SSSR count). The summed E-state index contributed by atoms with van der Waals surface area (Å²) in [5.74, 6) is 4.76. The van der Waals surface area contributed by atoms with E-state index < -0.39 is 0 Å². The van der Waals surface area contributed by atoms with Crippen LogP contribution in [0.3, 0.4) is 0 Å². The lowest BCUT2D eigenvalue weighted by atomic mass is 9.98. The topological polar surface area (TPSA) is 55.7 Å². The number of aromatic nitrogens is 2. The average molecular weight is 389 g/mol. The van der Waals surface area contributed by atoms with Crippen molar-refractivity contribution < 1.29 is 5.11 Å². The van der Waals surface area contributed by atoms with Crippen molar-refractivity contribution in [1.29, 1.82) is 0 Å². The molecule has 1 N–H and O–H groups in total. The molecule has 1 aromatic heterocycles. The van der Waals surface area contributed by atoms with Crippen molar-refractivity contribution in [2.24, 2.45) is 5.92 Å². The second kappa shape index (κ2) is 10.2. The van der Waals surface area contributed by atoms with Crippen molar-refractivity contribution in [1.82, 2.24) is 14.9 Å². The number of aliphatic hydroxyl groups excluding tert-OH is 1. The number of piperidine rings is 1. The largest absolute Gasteiger partial charge is 0.396 e. The SMILES string of the molecule is C/C=C(\C=PC)CN1CCN(c2nccnc2N2CCC(CO)CC2)CC1. The van der Waals surface area contributed by atoms with E-state index in [2.05, 4.69) is 50.1 Å². The van der Waals surface area contributed by atoms with E-state index in [0.29, 0.717) is 12.5 Å². The third kappa shape index (κ3) is 5.28. The predicted molar refractivity (Wildman–Crippen MR) is 115 cm³/mol. The quantitative estimate of drug-likeness (QED) is 0.753. The van der Waals surface area contributed by atoms with E-state index in [4.69, 9.17) is 0 Å². The van der Waals surface area contributed by atoms with Gasteiger partial charge in [0, 0.05) is 64.8 Å². The fraction of sp³-hybridized carbons (Fsp3) is 0.650. The minimum Gasteiger partial charge on any atom is -0.396 e. The Balaban J connectivity index is 1.62.